The number of hydrogen-bond acceptors (Lipinski definition) is 10. The van der Waals surface area contributed by atoms with Crippen LogP contribution in [0.25, 0.3) is 0 Å². The summed E-state index contributed by atoms with van der Waals surface area (Å²) < 4.78 is 28.4. The Kier molecular flexibility index (Phi) is 20.3. The normalized spacial score (nSPS) is 17.7. The van der Waals surface area contributed by atoms with Crippen molar-refractivity contribution in [3.05, 3.63) is 35.4 Å². The van der Waals surface area contributed by atoms with E-state index in [2.05, 4.69) is 55.4 Å². The molecule has 0 amide bonds. The van der Waals surface area contributed by atoms with E-state index < -0.39 is 47.6 Å². The average molecular weight is 767 g/mol. The van der Waals surface area contributed by atoms with Crippen LogP contribution >= 0.6 is 0 Å². The number of Topliss-reactive ketones (excluding diaryl/α,β-unsaturated/α-hetero) is 1. The minimum atomic E-state index is -0.948. The highest BCUT2D eigenvalue weighted by Crippen LogP contribution is 2.35. The molecule has 1 heterocycles. The van der Waals surface area contributed by atoms with Crippen molar-refractivity contribution < 1.29 is 57.9 Å². The molecule has 0 bridgehead atoms. The Morgan fingerprint density at radius 2 is 1.26 bits per heavy atom. The van der Waals surface area contributed by atoms with Crippen molar-refractivity contribution in [2.75, 3.05) is 6.61 Å². The molecule has 1 aliphatic heterocycles. The second kappa shape index (κ2) is 21.7. The Bertz CT molecular complexity index is 1320. The van der Waals surface area contributed by atoms with Gasteiger partial charge in [-0.05, 0) is 90.9 Å². The molecular formula is C42H70O12. The zero-order valence-corrected chi connectivity index (χ0v) is 35.6. The van der Waals surface area contributed by atoms with Gasteiger partial charge in [-0.3, -0.25) is 19.2 Å². The fourth-order valence-corrected chi connectivity index (χ4v) is 6.18. The van der Waals surface area contributed by atoms with Gasteiger partial charge in [0.2, 0.25) is 0 Å². The van der Waals surface area contributed by atoms with Crippen LogP contribution in [0.2, 0.25) is 0 Å². The molecular weight excluding hydrogens is 696 g/mol. The minimum absolute atomic E-state index is 0.0260. The standard InChI is InChI=1S/C28H44O6.C9H18O2.C5H8O4/c1-18(2)15-16-31-28(9,10)23(29)20-11-13-21(14-12-20)25-32-19(3)22(33-25)24(30)34-27(7,8)17-26(4,5)6;1-8(2,3)6-9(4,5)11-7-10;6-4(7)2-1-3-5(8)9/h11-14,18-19,22,25H,15-17H2,1-10H3;7H,6H2,1-5H3;1-3H2,(H,6,7)(H,8,9). The van der Waals surface area contributed by atoms with Gasteiger partial charge in [-0.1, -0.05) is 79.7 Å². The van der Waals surface area contributed by atoms with E-state index in [1.165, 1.54) is 0 Å². The molecule has 0 aliphatic carbocycles. The molecule has 0 radical (unpaired) electrons. The van der Waals surface area contributed by atoms with E-state index >= 15 is 0 Å². The fraction of sp³-hybridized carbons (Fsp3) is 0.738. The highest BCUT2D eigenvalue weighted by Gasteiger charge is 2.42. The predicted octanol–water partition coefficient (Wildman–Crippen LogP) is 8.97. The second-order valence-corrected chi connectivity index (χ2v) is 18.5. The van der Waals surface area contributed by atoms with E-state index in [0.717, 1.165) is 24.8 Å². The summed E-state index contributed by atoms with van der Waals surface area (Å²) in [6.07, 6.45) is 0.641. The summed E-state index contributed by atoms with van der Waals surface area (Å²) in [7, 11) is 0. The summed E-state index contributed by atoms with van der Waals surface area (Å²) in [5.74, 6) is -1.87. The number of aliphatic carboxylic acids is 2. The lowest BCUT2D eigenvalue weighted by atomic mass is 9.83. The van der Waals surface area contributed by atoms with Crippen molar-refractivity contribution in [3.63, 3.8) is 0 Å². The zero-order chi connectivity index (χ0) is 42.3. The van der Waals surface area contributed by atoms with Gasteiger partial charge in [0, 0.05) is 30.6 Å². The minimum Gasteiger partial charge on any atom is -0.481 e. The number of carbonyl (C=O) groups is 5. The summed E-state index contributed by atoms with van der Waals surface area (Å²) in [6, 6.07) is 7.10. The van der Waals surface area contributed by atoms with Crippen LogP contribution in [0.5, 0.6) is 0 Å². The van der Waals surface area contributed by atoms with E-state index in [1.807, 2.05) is 27.7 Å². The Labute approximate surface area is 324 Å². The van der Waals surface area contributed by atoms with Crippen LogP contribution in [-0.4, -0.2) is 76.0 Å². The molecule has 3 atom stereocenters. The van der Waals surface area contributed by atoms with Crippen LogP contribution < -0.4 is 0 Å². The molecule has 0 spiro atoms. The number of ether oxygens (including phenoxy) is 5. The van der Waals surface area contributed by atoms with Crippen molar-refractivity contribution in [3.8, 4) is 0 Å². The van der Waals surface area contributed by atoms with Gasteiger partial charge in [-0.15, -0.1) is 0 Å². The maximum absolute atomic E-state index is 13.0. The van der Waals surface area contributed by atoms with Crippen LogP contribution in [-0.2, 0) is 42.9 Å². The first-order chi connectivity index (χ1) is 24.4. The molecule has 1 saturated heterocycles. The maximum Gasteiger partial charge on any atom is 0.338 e. The third kappa shape index (κ3) is 22.1. The predicted molar refractivity (Wildman–Crippen MR) is 207 cm³/mol. The Hall–Kier alpha value is -3.35. The van der Waals surface area contributed by atoms with E-state index in [9.17, 15) is 24.0 Å². The monoisotopic (exact) mass is 766 g/mol. The number of rotatable bonds is 17. The van der Waals surface area contributed by atoms with Crippen LogP contribution in [0.15, 0.2) is 24.3 Å². The highest BCUT2D eigenvalue weighted by atomic mass is 16.7. The molecule has 3 unspecified atom stereocenters. The Morgan fingerprint density at radius 3 is 1.69 bits per heavy atom. The van der Waals surface area contributed by atoms with Crippen LogP contribution in [0.3, 0.4) is 0 Å². The smallest absolute Gasteiger partial charge is 0.338 e. The maximum atomic E-state index is 13.0. The molecule has 1 fully saturated rings. The van der Waals surface area contributed by atoms with E-state index in [1.54, 1.807) is 45.0 Å². The van der Waals surface area contributed by atoms with Gasteiger partial charge in [0.05, 0.1) is 6.10 Å². The van der Waals surface area contributed by atoms with Crippen molar-refractivity contribution in [2.24, 2.45) is 16.7 Å². The van der Waals surface area contributed by atoms with E-state index in [4.69, 9.17) is 33.9 Å². The van der Waals surface area contributed by atoms with E-state index in [0.29, 0.717) is 24.6 Å². The van der Waals surface area contributed by atoms with Crippen LogP contribution in [0.4, 0.5) is 0 Å². The summed E-state index contributed by atoms with van der Waals surface area (Å²) in [4.78, 5) is 55.4. The lowest BCUT2D eigenvalue weighted by Crippen LogP contribution is -2.39. The van der Waals surface area contributed by atoms with Crippen molar-refractivity contribution in [1.29, 1.82) is 0 Å². The first kappa shape index (κ1) is 50.6. The number of carbonyl (C=O) groups excluding carboxylic acids is 3. The zero-order valence-electron chi connectivity index (χ0n) is 35.6. The summed E-state index contributed by atoms with van der Waals surface area (Å²) in [5, 5.41) is 16.1. The lowest BCUT2D eigenvalue weighted by molar-refractivity contribution is -0.172. The number of carboxylic acids is 2. The topological polar surface area (TPSA) is 172 Å². The molecule has 310 valence electrons. The number of benzene rings is 1. The Balaban J connectivity index is 0.00000114. The number of esters is 1. The SMILES string of the molecule is CC(C)(C)CC(C)(C)OC=O.CC(C)CCOC(C)(C)C(=O)c1ccc(C2OC(C)C(C(=O)OC(C)(C)CC(C)(C)C)O2)cc1.O=C(O)CCCC(=O)O. The van der Waals surface area contributed by atoms with Crippen molar-refractivity contribution in [1.82, 2.24) is 0 Å². The van der Waals surface area contributed by atoms with Gasteiger partial charge in [0.15, 0.2) is 18.2 Å². The number of hydrogen-bond donors (Lipinski definition) is 2. The third-order valence-corrected chi connectivity index (χ3v) is 7.85. The molecule has 2 N–H and O–H groups in total. The summed E-state index contributed by atoms with van der Waals surface area (Å²) >= 11 is 0. The molecule has 0 aromatic heterocycles. The van der Waals surface area contributed by atoms with Crippen molar-refractivity contribution >= 4 is 30.2 Å². The van der Waals surface area contributed by atoms with Gasteiger partial charge in [0.1, 0.15) is 16.8 Å². The molecule has 1 aromatic carbocycles. The van der Waals surface area contributed by atoms with Gasteiger partial charge in [-0.2, -0.15) is 0 Å². The molecule has 54 heavy (non-hydrogen) atoms. The first-order valence-electron chi connectivity index (χ1n) is 18.8. The van der Waals surface area contributed by atoms with E-state index in [-0.39, 0.29) is 41.5 Å². The molecule has 0 saturated carbocycles. The number of ketones is 1. The van der Waals surface area contributed by atoms with Gasteiger partial charge in [-0.25, -0.2) is 4.79 Å². The second-order valence-electron chi connectivity index (χ2n) is 18.5. The number of carboxylic acid groups (broad SMARTS) is 2. The average Bonchev–Trinajstić information content (AvgIpc) is 3.35. The molecule has 12 nitrogen and oxygen atoms in total. The van der Waals surface area contributed by atoms with Crippen LogP contribution in [0.1, 0.15) is 165 Å². The lowest BCUT2D eigenvalue weighted by Gasteiger charge is -2.33. The molecule has 12 heteroatoms. The van der Waals surface area contributed by atoms with Gasteiger partial charge < -0.3 is 33.9 Å². The molecule has 1 aliphatic rings. The molecule has 2 rings (SSSR count). The summed E-state index contributed by atoms with van der Waals surface area (Å²) in [6.45, 7) is 31.1. The molecule has 1 aromatic rings. The Morgan fingerprint density at radius 1 is 0.778 bits per heavy atom. The fourth-order valence-electron chi connectivity index (χ4n) is 6.18. The highest BCUT2D eigenvalue weighted by molar-refractivity contribution is 6.02. The van der Waals surface area contributed by atoms with Gasteiger partial charge >= 0.3 is 17.9 Å². The third-order valence-electron chi connectivity index (χ3n) is 7.85. The van der Waals surface area contributed by atoms with Crippen molar-refractivity contribution in [2.45, 2.75) is 178 Å². The largest absolute Gasteiger partial charge is 0.481 e. The quantitative estimate of drug-likeness (QED) is 0.0877. The summed E-state index contributed by atoms with van der Waals surface area (Å²) in [5.41, 5.74) is -0.317. The van der Waals surface area contributed by atoms with Crippen LogP contribution in [0, 0.1) is 16.7 Å². The van der Waals surface area contributed by atoms with Gasteiger partial charge in [0.25, 0.3) is 6.47 Å². The first-order valence-corrected chi connectivity index (χ1v) is 18.8.